The minimum absolute atomic E-state index is 0.0422. The SMILES string of the molecule is CCn1c(=O)c(C(N)=O)cc2ccccc21. The van der Waals surface area contributed by atoms with Crippen LogP contribution in [0.2, 0.25) is 0 Å². The molecule has 0 bridgehead atoms. The molecule has 0 spiro atoms. The summed E-state index contributed by atoms with van der Waals surface area (Å²) < 4.78 is 1.55. The monoisotopic (exact) mass is 216 g/mol. The molecule has 0 saturated heterocycles. The number of carbonyl (C=O) groups excluding carboxylic acids is 1. The molecule has 0 aliphatic rings. The average Bonchev–Trinajstić information content (AvgIpc) is 2.28. The summed E-state index contributed by atoms with van der Waals surface area (Å²) in [5, 5.41) is 0.845. The predicted molar refractivity (Wildman–Crippen MR) is 62.4 cm³/mol. The van der Waals surface area contributed by atoms with Gasteiger partial charge < -0.3 is 10.3 Å². The maximum Gasteiger partial charge on any atom is 0.263 e. The number of aryl methyl sites for hydroxylation is 1. The zero-order chi connectivity index (χ0) is 11.7. The number of hydrogen-bond acceptors (Lipinski definition) is 2. The molecular formula is C12H12N2O2. The van der Waals surface area contributed by atoms with E-state index < -0.39 is 5.91 Å². The number of para-hydroxylation sites is 1. The van der Waals surface area contributed by atoms with Crippen molar-refractivity contribution in [1.29, 1.82) is 0 Å². The van der Waals surface area contributed by atoms with Gasteiger partial charge in [0.1, 0.15) is 5.56 Å². The van der Waals surface area contributed by atoms with Crippen molar-refractivity contribution in [1.82, 2.24) is 4.57 Å². The molecule has 1 aromatic heterocycles. The number of amides is 1. The molecule has 0 unspecified atom stereocenters. The second-order valence-corrected chi connectivity index (χ2v) is 3.53. The van der Waals surface area contributed by atoms with Crippen LogP contribution in [0.4, 0.5) is 0 Å². The Bertz CT molecular complexity index is 614. The normalized spacial score (nSPS) is 10.6. The Morgan fingerprint density at radius 2 is 2.06 bits per heavy atom. The van der Waals surface area contributed by atoms with Crippen molar-refractivity contribution in [3.8, 4) is 0 Å². The first-order chi connectivity index (χ1) is 7.65. The van der Waals surface area contributed by atoms with Gasteiger partial charge in [-0.1, -0.05) is 18.2 Å². The Kier molecular flexibility index (Phi) is 2.48. The highest BCUT2D eigenvalue weighted by molar-refractivity contribution is 5.96. The lowest BCUT2D eigenvalue weighted by atomic mass is 10.1. The van der Waals surface area contributed by atoms with Crippen molar-refractivity contribution in [2.24, 2.45) is 5.73 Å². The summed E-state index contributed by atoms with van der Waals surface area (Å²) in [5.74, 6) is -0.682. The fourth-order valence-electron chi connectivity index (χ4n) is 1.82. The number of benzene rings is 1. The van der Waals surface area contributed by atoms with Gasteiger partial charge in [0, 0.05) is 6.54 Å². The van der Waals surface area contributed by atoms with Crippen LogP contribution < -0.4 is 11.3 Å². The van der Waals surface area contributed by atoms with Gasteiger partial charge in [-0.2, -0.15) is 0 Å². The summed E-state index contributed by atoms with van der Waals surface area (Å²) in [6.45, 7) is 2.37. The number of rotatable bonds is 2. The third-order valence-electron chi connectivity index (χ3n) is 2.58. The van der Waals surface area contributed by atoms with E-state index >= 15 is 0 Å². The zero-order valence-electron chi connectivity index (χ0n) is 8.93. The van der Waals surface area contributed by atoms with Crippen LogP contribution in [0.3, 0.4) is 0 Å². The number of nitrogens with two attached hydrogens (primary N) is 1. The lowest BCUT2D eigenvalue weighted by molar-refractivity contribution is 0.0998. The second kappa shape index (κ2) is 3.81. The third-order valence-corrected chi connectivity index (χ3v) is 2.58. The first kappa shape index (κ1) is 10.4. The molecule has 0 aliphatic carbocycles. The van der Waals surface area contributed by atoms with Crippen LogP contribution >= 0.6 is 0 Å². The second-order valence-electron chi connectivity index (χ2n) is 3.53. The van der Waals surface area contributed by atoms with Crippen LogP contribution in [-0.4, -0.2) is 10.5 Å². The number of pyridine rings is 1. The Balaban J connectivity index is 2.94. The van der Waals surface area contributed by atoms with Gasteiger partial charge in [-0.25, -0.2) is 0 Å². The van der Waals surface area contributed by atoms with Crippen molar-refractivity contribution < 1.29 is 4.79 Å². The molecule has 0 saturated carbocycles. The van der Waals surface area contributed by atoms with E-state index in [2.05, 4.69) is 0 Å². The van der Waals surface area contributed by atoms with Crippen molar-refractivity contribution in [3.63, 3.8) is 0 Å². The molecule has 0 aliphatic heterocycles. The summed E-state index contributed by atoms with van der Waals surface area (Å²) in [5.41, 5.74) is 5.71. The molecule has 1 aromatic carbocycles. The Morgan fingerprint density at radius 1 is 1.38 bits per heavy atom. The van der Waals surface area contributed by atoms with Gasteiger partial charge in [-0.3, -0.25) is 9.59 Å². The molecule has 82 valence electrons. The molecular weight excluding hydrogens is 204 g/mol. The van der Waals surface area contributed by atoms with E-state index in [9.17, 15) is 9.59 Å². The Labute approximate surface area is 92.3 Å². The summed E-state index contributed by atoms with van der Waals surface area (Å²) in [6.07, 6.45) is 0. The van der Waals surface area contributed by atoms with Crippen molar-refractivity contribution in [2.75, 3.05) is 0 Å². The smallest absolute Gasteiger partial charge is 0.263 e. The molecule has 2 N–H and O–H groups in total. The molecule has 4 heteroatoms. The van der Waals surface area contributed by atoms with Gasteiger partial charge in [0.2, 0.25) is 0 Å². The van der Waals surface area contributed by atoms with E-state index in [1.807, 2.05) is 31.2 Å². The zero-order valence-corrected chi connectivity index (χ0v) is 8.93. The lowest BCUT2D eigenvalue weighted by Gasteiger charge is -2.09. The minimum atomic E-state index is -0.682. The highest BCUT2D eigenvalue weighted by Crippen LogP contribution is 2.12. The summed E-state index contributed by atoms with van der Waals surface area (Å²) in [4.78, 5) is 23.1. The standard InChI is InChI=1S/C12H12N2O2/c1-2-14-10-6-4-3-5-8(10)7-9(11(13)15)12(14)16/h3-7H,2H2,1H3,(H2,13,15). The average molecular weight is 216 g/mol. The van der Waals surface area contributed by atoms with Crippen molar-refractivity contribution in [2.45, 2.75) is 13.5 Å². The molecule has 0 atom stereocenters. The fraction of sp³-hybridized carbons (Fsp3) is 0.167. The summed E-state index contributed by atoms with van der Waals surface area (Å²) >= 11 is 0. The molecule has 2 rings (SSSR count). The maximum atomic E-state index is 11.9. The lowest BCUT2D eigenvalue weighted by Crippen LogP contribution is -2.29. The molecule has 0 radical (unpaired) electrons. The van der Waals surface area contributed by atoms with E-state index in [4.69, 9.17) is 5.73 Å². The molecule has 0 fully saturated rings. The van der Waals surface area contributed by atoms with Crippen LogP contribution in [0.15, 0.2) is 35.1 Å². The van der Waals surface area contributed by atoms with Crippen LogP contribution in [0.25, 0.3) is 10.9 Å². The van der Waals surface area contributed by atoms with Gasteiger partial charge in [-0.05, 0) is 24.4 Å². The largest absolute Gasteiger partial charge is 0.365 e. The number of fused-ring (bicyclic) bond motifs is 1. The van der Waals surface area contributed by atoms with Gasteiger partial charge in [0.25, 0.3) is 11.5 Å². The van der Waals surface area contributed by atoms with E-state index in [1.165, 1.54) is 0 Å². The Hall–Kier alpha value is -2.10. The van der Waals surface area contributed by atoms with Crippen molar-refractivity contribution in [3.05, 3.63) is 46.2 Å². The molecule has 1 amide bonds. The van der Waals surface area contributed by atoms with Gasteiger partial charge in [0.15, 0.2) is 0 Å². The number of hydrogen-bond donors (Lipinski definition) is 1. The molecule has 2 aromatic rings. The molecule has 1 heterocycles. The highest BCUT2D eigenvalue weighted by atomic mass is 16.2. The molecule has 16 heavy (non-hydrogen) atoms. The third kappa shape index (κ3) is 1.48. The van der Waals surface area contributed by atoms with Crippen LogP contribution in [0, 0.1) is 0 Å². The van der Waals surface area contributed by atoms with Crippen LogP contribution in [0.5, 0.6) is 0 Å². The quantitative estimate of drug-likeness (QED) is 0.817. The summed E-state index contributed by atoms with van der Waals surface area (Å²) in [7, 11) is 0. The fourth-order valence-corrected chi connectivity index (χ4v) is 1.82. The van der Waals surface area contributed by atoms with Gasteiger partial charge in [0.05, 0.1) is 5.52 Å². The molecule has 4 nitrogen and oxygen atoms in total. The summed E-state index contributed by atoms with van der Waals surface area (Å²) in [6, 6.07) is 8.97. The van der Waals surface area contributed by atoms with E-state index in [0.717, 1.165) is 10.9 Å². The van der Waals surface area contributed by atoms with Crippen molar-refractivity contribution >= 4 is 16.8 Å². The minimum Gasteiger partial charge on any atom is -0.365 e. The topological polar surface area (TPSA) is 65.1 Å². The van der Waals surface area contributed by atoms with Crippen LogP contribution in [0.1, 0.15) is 17.3 Å². The number of aromatic nitrogens is 1. The first-order valence-corrected chi connectivity index (χ1v) is 5.07. The number of carbonyl (C=O) groups is 1. The van der Waals surface area contributed by atoms with Crippen LogP contribution in [-0.2, 0) is 6.54 Å². The highest BCUT2D eigenvalue weighted by Gasteiger charge is 2.11. The van der Waals surface area contributed by atoms with Gasteiger partial charge >= 0.3 is 0 Å². The predicted octanol–water partition coefficient (Wildman–Crippen LogP) is 1.12. The number of nitrogens with zero attached hydrogens (tertiary/aromatic N) is 1. The first-order valence-electron chi connectivity index (χ1n) is 5.07. The van der Waals surface area contributed by atoms with E-state index in [1.54, 1.807) is 10.6 Å². The van der Waals surface area contributed by atoms with E-state index in [0.29, 0.717) is 6.54 Å². The number of primary amides is 1. The Morgan fingerprint density at radius 3 is 2.69 bits per heavy atom. The van der Waals surface area contributed by atoms with Gasteiger partial charge in [-0.15, -0.1) is 0 Å². The van der Waals surface area contributed by atoms with E-state index in [-0.39, 0.29) is 11.1 Å². The maximum absolute atomic E-state index is 11.9.